The molecule has 1 saturated heterocycles. The highest BCUT2D eigenvalue weighted by Gasteiger charge is 2.27. The monoisotopic (exact) mass is 403 g/mol. The Morgan fingerprint density at radius 2 is 1.83 bits per heavy atom. The largest absolute Gasteiger partial charge is 0.343 e. The molecule has 154 valence electrons. The van der Waals surface area contributed by atoms with E-state index in [1.165, 1.54) is 5.56 Å². The van der Waals surface area contributed by atoms with Gasteiger partial charge in [0.25, 0.3) is 0 Å². The number of hydrogen-bond donors (Lipinski definition) is 1. The molecule has 1 aromatic carbocycles. The van der Waals surface area contributed by atoms with Gasteiger partial charge in [0.2, 0.25) is 11.8 Å². The fraction of sp³-hybridized carbons (Fsp3) is 0.304. The van der Waals surface area contributed by atoms with Gasteiger partial charge in [-0.2, -0.15) is 5.10 Å². The Kier molecular flexibility index (Phi) is 6.17. The number of carbonyl (C=O) groups excluding carboxylic acids is 2. The first-order valence-electron chi connectivity index (χ1n) is 10.3. The molecule has 1 aliphatic rings. The van der Waals surface area contributed by atoms with Crippen LogP contribution in [0.3, 0.4) is 0 Å². The first-order valence-corrected chi connectivity index (χ1v) is 10.3. The summed E-state index contributed by atoms with van der Waals surface area (Å²) in [5.74, 6) is 0.755. The highest BCUT2D eigenvalue weighted by atomic mass is 16.2. The van der Waals surface area contributed by atoms with Crippen molar-refractivity contribution in [1.82, 2.24) is 19.7 Å². The second-order valence-electron chi connectivity index (χ2n) is 7.49. The number of rotatable bonds is 6. The van der Waals surface area contributed by atoms with Crippen molar-refractivity contribution in [2.75, 3.05) is 18.4 Å². The summed E-state index contributed by atoms with van der Waals surface area (Å²) in [4.78, 5) is 31.3. The molecule has 0 atom stereocenters. The molecule has 7 heteroatoms. The number of aryl methyl sites for hydroxylation is 1. The third-order valence-corrected chi connectivity index (χ3v) is 5.44. The van der Waals surface area contributed by atoms with Crippen molar-refractivity contribution in [2.24, 2.45) is 5.92 Å². The molecule has 0 unspecified atom stereocenters. The number of nitrogens with zero attached hydrogens (tertiary/aromatic N) is 4. The van der Waals surface area contributed by atoms with Crippen LogP contribution in [0, 0.1) is 5.92 Å². The number of pyridine rings is 1. The van der Waals surface area contributed by atoms with Gasteiger partial charge in [0, 0.05) is 37.8 Å². The van der Waals surface area contributed by atoms with Crippen molar-refractivity contribution < 1.29 is 9.59 Å². The van der Waals surface area contributed by atoms with Crippen LogP contribution < -0.4 is 5.32 Å². The quantitative estimate of drug-likeness (QED) is 0.686. The molecule has 1 aliphatic heterocycles. The first kappa shape index (κ1) is 19.8. The predicted octanol–water partition coefficient (Wildman–Crippen LogP) is 3.08. The van der Waals surface area contributed by atoms with Crippen LogP contribution in [-0.2, 0) is 16.0 Å². The summed E-state index contributed by atoms with van der Waals surface area (Å²) in [7, 11) is 0. The molecule has 0 saturated carbocycles. The second-order valence-corrected chi connectivity index (χ2v) is 7.49. The van der Waals surface area contributed by atoms with E-state index in [4.69, 9.17) is 0 Å². The van der Waals surface area contributed by atoms with Gasteiger partial charge in [0.1, 0.15) is 0 Å². The van der Waals surface area contributed by atoms with Gasteiger partial charge < -0.3 is 10.2 Å². The fourth-order valence-electron chi connectivity index (χ4n) is 3.69. The maximum Gasteiger partial charge on any atom is 0.227 e. The zero-order chi connectivity index (χ0) is 20.8. The van der Waals surface area contributed by atoms with Gasteiger partial charge in [-0.15, -0.1) is 0 Å². The van der Waals surface area contributed by atoms with E-state index in [0.717, 1.165) is 6.42 Å². The van der Waals surface area contributed by atoms with E-state index >= 15 is 0 Å². The molecular formula is C23H25N5O2. The Morgan fingerprint density at radius 3 is 2.50 bits per heavy atom. The van der Waals surface area contributed by atoms with Crippen LogP contribution in [0.1, 0.15) is 24.8 Å². The molecular weight excluding hydrogens is 378 g/mol. The van der Waals surface area contributed by atoms with Crippen LogP contribution in [0.2, 0.25) is 0 Å². The summed E-state index contributed by atoms with van der Waals surface area (Å²) in [6.07, 6.45) is 7.77. The fourth-order valence-corrected chi connectivity index (χ4v) is 3.69. The Labute approximate surface area is 175 Å². The zero-order valence-corrected chi connectivity index (χ0v) is 16.8. The Hall–Kier alpha value is -3.48. The molecule has 7 nitrogen and oxygen atoms in total. The lowest BCUT2D eigenvalue weighted by atomic mass is 9.95. The molecule has 30 heavy (non-hydrogen) atoms. The molecule has 3 heterocycles. The van der Waals surface area contributed by atoms with Crippen LogP contribution in [-0.4, -0.2) is 44.6 Å². The van der Waals surface area contributed by atoms with Gasteiger partial charge in [-0.05, 0) is 43.0 Å². The van der Waals surface area contributed by atoms with E-state index in [1.54, 1.807) is 17.1 Å². The standard InChI is InChI=1S/C23H25N5O2/c29-22(10-7-18-5-2-1-3-6-18)27-15-11-19(12-16-27)23(30)26-20-8-9-21(24-17-20)28-14-4-13-25-28/h1-6,8-9,13-14,17,19H,7,10-12,15-16H2,(H,26,30). The summed E-state index contributed by atoms with van der Waals surface area (Å²) in [6, 6.07) is 15.5. The number of aromatic nitrogens is 3. The molecule has 0 radical (unpaired) electrons. The SMILES string of the molecule is O=C(Nc1ccc(-n2cccn2)nc1)C1CCN(C(=O)CCc2ccccc2)CC1. The van der Waals surface area contributed by atoms with Gasteiger partial charge in [-0.25, -0.2) is 9.67 Å². The van der Waals surface area contributed by atoms with Crippen molar-refractivity contribution in [1.29, 1.82) is 0 Å². The lowest BCUT2D eigenvalue weighted by Crippen LogP contribution is -2.41. The van der Waals surface area contributed by atoms with Gasteiger partial charge in [0.15, 0.2) is 5.82 Å². The highest BCUT2D eigenvalue weighted by Crippen LogP contribution is 2.20. The van der Waals surface area contributed by atoms with E-state index in [2.05, 4.69) is 15.4 Å². The zero-order valence-electron chi connectivity index (χ0n) is 16.8. The third kappa shape index (κ3) is 4.92. The van der Waals surface area contributed by atoms with E-state index in [0.29, 0.717) is 43.9 Å². The van der Waals surface area contributed by atoms with E-state index in [9.17, 15) is 9.59 Å². The van der Waals surface area contributed by atoms with Crippen LogP contribution in [0.5, 0.6) is 0 Å². The van der Waals surface area contributed by atoms with Gasteiger partial charge in [-0.3, -0.25) is 9.59 Å². The summed E-state index contributed by atoms with van der Waals surface area (Å²) in [5, 5.41) is 7.08. The van der Waals surface area contributed by atoms with Gasteiger partial charge >= 0.3 is 0 Å². The Balaban J connectivity index is 1.23. The van der Waals surface area contributed by atoms with Crippen LogP contribution in [0.4, 0.5) is 5.69 Å². The second kappa shape index (κ2) is 9.35. The molecule has 1 fully saturated rings. The van der Waals surface area contributed by atoms with Crippen molar-refractivity contribution in [3.8, 4) is 5.82 Å². The van der Waals surface area contributed by atoms with E-state index < -0.39 is 0 Å². The van der Waals surface area contributed by atoms with Crippen LogP contribution >= 0.6 is 0 Å². The van der Waals surface area contributed by atoms with Gasteiger partial charge in [-0.1, -0.05) is 30.3 Å². The van der Waals surface area contributed by atoms with Crippen molar-refractivity contribution in [2.45, 2.75) is 25.7 Å². The molecule has 1 N–H and O–H groups in total. The lowest BCUT2D eigenvalue weighted by molar-refractivity contribution is -0.134. The Bertz CT molecular complexity index is 963. The minimum absolute atomic E-state index is 0.0139. The number of anilines is 1. The summed E-state index contributed by atoms with van der Waals surface area (Å²) in [5.41, 5.74) is 1.84. The molecule has 2 aromatic heterocycles. The molecule has 0 bridgehead atoms. The minimum atomic E-state index is -0.0889. The molecule has 4 rings (SSSR count). The number of benzene rings is 1. The normalized spacial score (nSPS) is 14.5. The number of amides is 2. The van der Waals surface area contributed by atoms with Crippen molar-refractivity contribution in [3.63, 3.8) is 0 Å². The number of carbonyl (C=O) groups is 2. The van der Waals surface area contributed by atoms with Crippen LogP contribution in [0.25, 0.3) is 5.82 Å². The highest BCUT2D eigenvalue weighted by molar-refractivity contribution is 5.92. The number of likely N-dealkylation sites (tertiary alicyclic amines) is 1. The van der Waals surface area contributed by atoms with Crippen molar-refractivity contribution >= 4 is 17.5 Å². The number of piperidine rings is 1. The molecule has 2 amide bonds. The van der Waals surface area contributed by atoms with Crippen LogP contribution in [0.15, 0.2) is 67.1 Å². The minimum Gasteiger partial charge on any atom is -0.343 e. The average molecular weight is 403 g/mol. The summed E-state index contributed by atoms with van der Waals surface area (Å²) in [6.45, 7) is 1.25. The first-order chi connectivity index (χ1) is 14.7. The summed E-state index contributed by atoms with van der Waals surface area (Å²) >= 11 is 0. The summed E-state index contributed by atoms with van der Waals surface area (Å²) < 4.78 is 1.66. The maximum absolute atomic E-state index is 12.6. The predicted molar refractivity (Wildman–Crippen MR) is 114 cm³/mol. The van der Waals surface area contributed by atoms with E-state index in [1.807, 2.05) is 59.6 Å². The number of hydrogen-bond acceptors (Lipinski definition) is 4. The smallest absolute Gasteiger partial charge is 0.227 e. The lowest BCUT2D eigenvalue weighted by Gasteiger charge is -2.31. The third-order valence-electron chi connectivity index (χ3n) is 5.44. The topological polar surface area (TPSA) is 80.1 Å². The van der Waals surface area contributed by atoms with E-state index in [-0.39, 0.29) is 17.7 Å². The maximum atomic E-state index is 12.6. The van der Waals surface area contributed by atoms with Gasteiger partial charge in [0.05, 0.1) is 11.9 Å². The number of nitrogens with one attached hydrogen (secondary N) is 1. The average Bonchev–Trinajstić information content (AvgIpc) is 3.34. The molecule has 3 aromatic rings. The van der Waals surface area contributed by atoms with Crippen molar-refractivity contribution in [3.05, 3.63) is 72.7 Å². The molecule has 0 spiro atoms. The molecule has 0 aliphatic carbocycles. The Morgan fingerprint density at radius 1 is 1.03 bits per heavy atom.